The molecular formula is C26H25N3O3. The van der Waals surface area contributed by atoms with Gasteiger partial charge in [0.25, 0.3) is 0 Å². The molecule has 1 aromatic heterocycles. The van der Waals surface area contributed by atoms with Crippen LogP contribution in [0.4, 0.5) is 5.69 Å². The molecule has 162 valence electrons. The summed E-state index contributed by atoms with van der Waals surface area (Å²) < 4.78 is 5.79. The monoisotopic (exact) mass is 427 g/mol. The lowest BCUT2D eigenvalue weighted by atomic mass is 10.0. The number of carbonyl (C=O) groups is 2. The maximum Gasteiger partial charge on any atom is 0.247 e. The van der Waals surface area contributed by atoms with Gasteiger partial charge in [0.15, 0.2) is 0 Å². The average Bonchev–Trinajstić information content (AvgIpc) is 3.21. The van der Waals surface area contributed by atoms with Crippen LogP contribution in [0.5, 0.6) is 5.75 Å². The molecule has 0 radical (unpaired) electrons. The fraction of sp³-hybridized carbons (Fsp3) is 0.154. The topological polar surface area (TPSA) is 83.2 Å². The van der Waals surface area contributed by atoms with Crippen LogP contribution in [0.25, 0.3) is 10.9 Å². The number of aromatic amines is 1. The number of aromatic nitrogens is 1. The molecule has 4 aromatic rings. The molecule has 0 bridgehead atoms. The number of rotatable bonds is 8. The molecule has 0 unspecified atom stereocenters. The van der Waals surface area contributed by atoms with Gasteiger partial charge in [-0.25, -0.2) is 0 Å². The van der Waals surface area contributed by atoms with E-state index < -0.39 is 6.04 Å². The van der Waals surface area contributed by atoms with E-state index in [2.05, 4.69) is 15.6 Å². The van der Waals surface area contributed by atoms with Gasteiger partial charge in [0.05, 0.1) is 0 Å². The van der Waals surface area contributed by atoms with Crippen molar-refractivity contribution >= 4 is 28.4 Å². The van der Waals surface area contributed by atoms with E-state index in [0.29, 0.717) is 24.5 Å². The third-order valence-corrected chi connectivity index (χ3v) is 5.16. The SMILES string of the molecule is CC(=O)N[C@@H](Cc1c[nH]c2ccccc12)C(=O)Nc1ccc(OCc2ccccc2)cc1. The molecule has 0 aliphatic carbocycles. The van der Waals surface area contributed by atoms with E-state index in [1.807, 2.05) is 72.9 Å². The number of para-hydroxylation sites is 1. The summed E-state index contributed by atoms with van der Waals surface area (Å²) in [6.07, 6.45) is 2.26. The first-order valence-corrected chi connectivity index (χ1v) is 10.5. The number of hydrogen-bond acceptors (Lipinski definition) is 3. The van der Waals surface area contributed by atoms with Crippen LogP contribution in [0.1, 0.15) is 18.1 Å². The van der Waals surface area contributed by atoms with Gasteiger partial charge >= 0.3 is 0 Å². The number of anilines is 1. The van der Waals surface area contributed by atoms with Crippen molar-refractivity contribution in [3.63, 3.8) is 0 Å². The first-order chi connectivity index (χ1) is 15.6. The lowest BCUT2D eigenvalue weighted by Gasteiger charge is -2.18. The molecule has 3 N–H and O–H groups in total. The second-order valence-electron chi connectivity index (χ2n) is 7.60. The summed E-state index contributed by atoms with van der Waals surface area (Å²) in [5.41, 5.74) is 3.69. The van der Waals surface area contributed by atoms with E-state index in [0.717, 1.165) is 22.0 Å². The van der Waals surface area contributed by atoms with Crippen LogP contribution in [0.15, 0.2) is 85.1 Å². The standard InChI is InChI=1S/C26H25N3O3/c1-18(30)28-25(15-20-16-27-24-10-6-5-9-23(20)24)26(31)29-21-11-13-22(14-12-21)32-17-19-7-3-2-4-8-19/h2-14,16,25,27H,15,17H2,1H3,(H,28,30)(H,29,31)/t25-/m0/s1. The molecule has 0 aliphatic heterocycles. The highest BCUT2D eigenvalue weighted by Crippen LogP contribution is 2.21. The molecule has 1 heterocycles. The zero-order valence-electron chi connectivity index (χ0n) is 17.8. The second kappa shape index (κ2) is 9.83. The molecular weight excluding hydrogens is 402 g/mol. The number of hydrogen-bond donors (Lipinski definition) is 3. The number of H-pyrrole nitrogens is 1. The summed E-state index contributed by atoms with van der Waals surface area (Å²) in [5, 5.41) is 6.69. The van der Waals surface area contributed by atoms with E-state index in [9.17, 15) is 9.59 Å². The van der Waals surface area contributed by atoms with Crippen molar-refractivity contribution in [2.45, 2.75) is 26.0 Å². The normalized spacial score (nSPS) is 11.7. The largest absolute Gasteiger partial charge is 0.489 e. The highest BCUT2D eigenvalue weighted by atomic mass is 16.5. The molecule has 0 spiro atoms. The zero-order valence-corrected chi connectivity index (χ0v) is 17.8. The Hall–Kier alpha value is -4.06. The van der Waals surface area contributed by atoms with Crippen molar-refractivity contribution < 1.29 is 14.3 Å². The Morgan fingerprint density at radius 3 is 2.41 bits per heavy atom. The Balaban J connectivity index is 1.40. The maximum absolute atomic E-state index is 12.9. The van der Waals surface area contributed by atoms with E-state index >= 15 is 0 Å². The molecule has 3 aromatic carbocycles. The smallest absolute Gasteiger partial charge is 0.247 e. The number of fused-ring (bicyclic) bond motifs is 1. The van der Waals surface area contributed by atoms with Gasteiger partial charge in [0, 0.05) is 36.1 Å². The molecule has 0 saturated heterocycles. The molecule has 6 heteroatoms. The molecule has 0 saturated carbocycles. The molecule has 1 atom stereocenters. The number of ether oxygens (including phenoxy) is 1. The Labute approximate surface area is 186 Å². The molecule has 0 fully saturated rings. The van der Waals surface area contributed by atoms with Gasteiger partial charge in [-0.05, 0) is 41.5 Å². The highest BCUT2D eigenvalue weighted by molar-refractivity contribution is 5.97. The van der Waals surface area contributed by atoms with Gasteiger partial charge in [-0.1, -0.05) is 48.5 Å². The van der Waals surface area contributed by atoms with E-state index in [-0.39, 0.29) is 11.8 Å². The third kappa shape index (κ3) is 5.35. The highest BCUT2D eigenvalue weighted by Gasteiger charge is 2.21. The van der Waals surface area contributed by atoms with Crippen LogP contribution in [0.3, 0.4) is 0 Å². The van der Waals surface area contributed by atoms with E-state index in [4.69, 9.17) is 4.74 Å². The summed E-state index contributed by atoms with van der Waals surface area (Å²) in [6.45, 7) is 1.89. The quantitative estimate of drug-likeness (QED) is 0.389. The zero-order chi connectivity index (χ0) is 22.3. The molecule has 2 amide bonds. The number of amides is 2. The fourth-order valence-electron chi connectivity index (χ4n) is 3.58. The van der Waals surface area contributed by atoms with Crippen molar-refractivity contribution in [1.29, 1.82) is 0 Å². The molecule has 0 aliphatic rings. The van der Waals surface area contributed by atoms with Crippen LogP contribution in [0.2, 0.25) is 0 Å². The van der Waals surface area contributed by atoms with Crippen LogP contribution in [0, 0.1) is 0 Å². The van der Waals surface area contributed by atoms with Gasteiger partial charge < -0.3 is 20.4 Å². The van der Waals surface area contributed by atoms with Gasteiger partial charge in [0.2, 0.25) is 11.8 Å². The molecule has 6 nitrogen and oxygen atoms in total. The minimum Gasteiger partial charge on any atom is -0.489 e. The Morgan fingerprint density at radius 1 is 0.938 bits per heavy atom. The van der Waals surface area contributed by atoms with E-state index in [1.54, 1.807) is 12.1 Å². The number of carbonyl (C=O) groups excluding carboxylic acids is 2. The molecule has 32 heavy (non-hydrogen) atoms. The maximum atomic E-state index is 12.9. The molecule has 4 rings (SSSR count). The van der Waals surface area contributed by atoms with Crippen molar-refractivity contribution in [3.8, 4) is 5.75 Å². The van der Waals surface area contributed by atoms with Crippen LogP contribution < -0.4 is 15.4 Å². The van der Waals surface area contributed by atoms with Crippen molar-refractivity contribution in [2.24, 2.45) is 0 Å². The van der Waals surface area contributed by atoms with Crippen LogP contribution in [-0.2, 0) is 22.6 Å². The van der Waals surface area contributed by atoms with Crippen LogP contribution in [-0.4, -0.2) is 22.8 Å². The van der Waals surface area contributed by atoms with Crippen molar-refractivity contribution in [2.75, 3.05) is 5.32 Å². The Bertz CT molecular complexity index is 1200. The van der Waals surface area contributed by atoms with Gasteiger partial charge in [-0.3, -0.25) is 9.59 Å². The fourth-order valence-corrected chi connectivity index (χ4v) is 3.58. The van der Waals surface area contributed by atoms with Gasteiger partial charge in [0.1, 0.15) is 18.4 Å². The number of nitrogens with one attached hydrogen (secondary N) is 3. The summed E-state index contributed by atoms with van der Waals surface area (Å²) >= 11 is 0. The Kier molecular flexibility index (Phi) is 6.51. The summed E-state index contributed by atoms with van der Waals surface area (Å²) in [7, 11) is 0. The minimum atomic E-state index is -0.694. The summed E-state index contributed by atoms with van der Waals surface area (Å²) in [6, 6.07) is 24.3. The average molecular weight is 428 g/mol. The van der Waals surface area contributed by atoms with Gasteiger partial charge in [-0.15, -0.1) is 0 Å². The predicted molar refractivity (Wildman–Crippen MR) is 125 cm³/mol. The second-order valence-corrected chi connectivity index (χ2v) is 7.60. The first-order valence-electron chi connectivity index (χ1n) is 10.5. The lowest BCUT2D eigenvalue weighted by molar-refractivity contribution is -0.125. The van der Waals surface area contributed by atoms with Crippen LogP contribution >= 0.6 is 0 Å². The minimum absolute atomic E-state index is 0.255. The summed E-state index contributed by atoms with van der Waals surface area (Å²) in [5.74, 6) is 0.183. The summed E-state index contributed by atoms with van der Waals surface area (Å²) in [4.78, 5) is 27.9. The van der Waals surface area contributed by atoms with Crippen molar-refractivity contribution in [1.82, 2.24) is 10.3 Å². The van der Waals surface area contributed by atoms with Crippen molar-refractivity contribution in [3.05, 3.63) is 96.2 Å². The Morgan fingerprint density at radius 2 is 1.66 bits per heavy atom. The van der Waals surface area contributed by atoms with E-state index in [1.165, 1.54) is 6.92 Å². The lowest BCUT2D eigenvalue weighted by Crippen LogP contribution is -2.44. The first kappa shape index (κ1) is 21.2. The predicted octanol–water partition coefficient (Wildman–Crippen LogP) is 4.43. The number of benzene rings is 3. The third-order valence-electron chi connectivity index (χ3n) is 5.16. The van der Waals surface area contributed by atoms with Gasteiger partial charge in [-0.2, -0.15) is 0 Å².